The van der Waals surface area contributed by atoms with Crippen LogP contribution in [-0.2, 0) is 4.79 Å². The van der Waals surface area contributed by atoms with E-state index in [1.165, 1.54) is 18.0 Å². The van der Waals surface area contributed by atoms with Crippen molar-refractivity contribution in [3.8, 4) is 0 Å². The van der Waals surface area contributed by atoms with Crippen LogP contribution in [0.1, 0.15) is 28.6 Å². The number of aryl methyl sites for hydroxylation is 2. The van der Waals surface area contributed by atoms with Gasteiger partial charge in [0.1, 0.15) is 0 Å². The van der Waals surface area contributed by atoms with E-state index in [4.69, 9.17) is 4.42 Å². The number of furan rings is 1. The average Bonchev–Trinajstić information content (AvgIpc) is 3.19. The summed E-state index contributed by atoms with van der Waals surface area (Å²) in [7, 11) is 0. The van der Waals surface area contributed by atoms with Crippen LogP contribution < -0.4 is 10.6 Å². The molecule has 0 radical (unpaired) electrons. The topological polar surface area (TPSA) is 71.3 Å². The van der Waals surface area contributed by atoms with Crippen LogP contribution in [0.5, 0.6) is 0 Å². The number of nitrogens with one attached hydrogen (secondary N) is 2. The summed E-state index contributed by atoms with van der Waals surface area (Å²) in [6.07, 6.45) is 1.46. The molecule has 0 bridgehead atoms. The van der Waals surface area contributed by atoms with Crippen molar-refractivity contribution in [2.24, 2.45) is 0 Å². The minimum Gasteiger partial charge on any atom is -0.459 e. The first-order valence-corrected chi connectivity index (χ1v) is 9.80. The summed E-state index contributed by atoms with van der Waals surface area (Å²) in [4.78, 5) is 25.5. The molecule has 1 heterocycles. The van der Waals surface area contributed by atoms with Crippen LogP contribution in [0.3, 0.4) is 0 Å². The zero-order chi connectivity index (χ0) is 20.1. The van der Waals surface area contributed by atoms with E-state index in [0.29, 0.717) is 5.69 Å². The highest BCUT2D eigenvalue weighted by atomic mass is 32.2. The molecule has 2 N–H and O–H groups in total. The van der Waals surface area contributed by atoms with Gasteiger partial charge in [-0.05, 0) is 62.7 Å². The van der Waals surface area contributed by atoms with E-state index in [-0.39, 0.29) is 22.8 Å². The Labute approximate surface area is 168 Å². The van der Waals surface area contributed by atoms with Gasteiger partial charge in [0.25, 0.3) is 5.91 Å². The Morgan fingerprint density at radius 3 is 2.54 bits per heavy atom. The molecule has 5 nitrogen and oxygen atoms in total. The highest BCUT2D eigenvalue weighted by molar-refractivity contribution is 8.00. The SMILES string of the molecule is Cc1ccc(NC(=O)C(C)Sc2cccc(NC(=O)c3ccco3)c2)c(C)c1. The molecule has 1 aromatic heterocycles. The molecular weight excluding hydrogens is 372 g/mol. The van der Waals surface area contributed by atoms with E-state index in [1.807, 2.05) is 57.2 Å². The van der Waals surface area contributed by atoms with Gasteiger partial charge in [0.2, 0.25) is 5.91 Å². The monoisotopic (exact) mass is 394 g/mol. The maximum absolute atomic E-state index is 12.6. The molecule has 28 heavy (non-hydrogen) atoms. The third-order valence-electron chi connectivity index (χ3n) is 4.16. The molecule has 0 aliphatic rings. The van der Waals surface area contributed by atoms with Crippen LogP contribution in [0.15, 0.2) is 70.2 Å². The molecular formula is C22H22N2O3S. The molecule has 2 aromatic carbocycles. The molecule has 144 valence electrons. The lowest BCUT2D eigenvalue weighted by Gasteiger charge is -2.14. The van der Waals surface area contributed by atoms with Gasteiger partial charge in [-0.1, -0.05) is 23.8 Å². The summed E-state index contributed by atoms with van der Waals surface area (Å²) in [5.74, 6) is -0.131. The molecule has 3 rings (SSSR count). The standard InChI is InChI=1S/C22H22N2O3S/c1-14-9-10-19(15(2)12-14)24-21(25)16(3)28-18-7-4-6-17(13-18)23-22(26)20-8-5-11-27-20/h4-13,16H,1-3H3,(H,23,26)(H,24,25). The number of carbonyl (C=O) groups excluding carboxylic acids is 2. The summed E-state index contributed by atoms with van der Waals surface area (Å²) in [6, 6.07) is 16.6. The van der Waals surface area contributed by atoms with Crippen molar-refractivity contribution in [3.63, 3.8) is 0 Å². The van der Waals surface area contributed by atoms with Crippen LogP contribution in [-0.4, -0.2) is 17.1 Å². The molecule has 0 saturated carbocycles. The van der Waals surface area contributed by atoms with Crippen molar-refractivity contribution in [3.05, 3.63) is 77.7 Å². The zero-order valence-corrected chi connectivity index (χ0v) is 16.8. The maximum Gasteiger partial charge on any atom is 0.291 e. The number of carbonyl (C=O) groups is 2. The Hall–Kier alpha value is -2.99. The molecule has 3 aromatic rings. The maximum atomic E-state index is 12.6. The Morgan fingerprint density at radius 1 is 1.00 bits per heavy atom. The van der Waals surface area contributed by atoms with Gasteiger partial charge in [0, 0.05) is 16.3 Å². The summed E-state index contributed by atoms with van der Waals surface area (Å²) in [5, 5.41) is 5.48. The molecule has 1 atom stereocenters. The van der Waals surface area contributed by atoms with Crippen molar-refractivity contribution in [2.45, 2.75) is 30.9 Å². The second-order valence-electron chi connectivity index (χ2n) is 6.53. The number of rotatable bonds is 6. The van der Waals surface area contributed by atoms with Gasteiger partial charge < -0.3 is 15.1 Å². The lowest BCUT2D eigenvalue weighted by atomic mass is 10.1. The van der Waals surface area contributed by atoms with Gasteiger partial charge in [-0.15, -0.1) is 11.8 Å². The Bertz CT molecular complexity index is 983. The van der Waals surface area contributed by atoms with Crippen molar-refractivity contribution < 1.29 is 14.0 Å². The predicted molar refractivity (Wildman–Crippen MR) is 113 cm³/mol. The summed E-state index contributed by atoms with van der Waals surface area (Å²) in [5.41, 5.74) is 3.66. The molecule has 6 heteroatoms. The van der Waals surface area contributed by atoms with Crippen LogP contribution in [0.2, 0.25) is 0 Å². The quantitative estimate of drug-likeness (QED) is 0.559. The van der Waals surface area contributed by atoms with Gasteiger partial charge in [0.15, 0.2) is 5.76 Å². The largest absolute Gasteiger partial charge is 0.459 e. The normalized spacial score (nSPS) is 11.7. The Balaban J connectivity index is 1.62. The molecule has 0 saturated heterocycles. The van der Waals surface area contributed by atoms with Crippen molar-refractivity contribution in [2.75, 3.05) is 10.6 Å². The minimum absolute atomic E-state index is 0.0676. The van der Waals surface area contributed by atoms with Gasteiger partial charge in [-0.3, -0.25) is 9.59 Å². The fourth-order valence-electron chi connectivity index (χ4n) is 2.69. The van der Waals surface area contributed by atoms with E-state index in [2.05, 4.69) is 10.6 Å². The third kappa shape index (κ3) is 5.04. The van der Waals surface area contributed by atoms with E-state index in [9.17, 15) is 9.59 Å². The van der Waals surface area contributed by atoms with Crippen LogP contribution in [0, 0.1) is 13.8 Å². The van der Waals surface area contributed by atoms with Crippen LogP contribution in [0.4, 0.5) is 11.4 Å². The fraction of sp³-hybridized carbons (Fsp3) is 0.182. The summed E-state index contributed by atoms with van der Waals surface area (Å²) >= 11 is 1.43. The minimum atomic E-state index is -0.312. The van der Waals surface area contributed by atoms with Crippen LogP contribution in [0.25, 0.3) is 0 Å². The Morgan fingerprint density at radius 2 is 1.82 bits per heavy atom. The molecule has 0 aliphatic heterocycles. The molecule has 0 aliphatic carbocycles. The summed E-state index contributed by atoms with van der Waals surface area (Å²) < 4.78 is 5.10. The van der Waals surface area contributed by atoms with Crippen LogP contribution >= 0.6 is 11.8 Å². The predicted octanol–water partition coefficient (Wildman–Crippen LogP) is 5.27. The summed E-state index contributed by atoms with van der Waals surface area (Å²) in [6.45, 7) is 5.86. The van der Waals surface area contributed by atoms with Gasteiger partial charge in [0.05, 0.1) is 11.5 Å². The highest BCUT2D eigenvalue weighted by Crippen LogP contribution is 2.27. The van der Waals surface area contributed by atoms with E-state index in [0.717, 1.165) is 21.7 Å². The second-order valence-corrected chi connectivity index (χ2v) is 7.94. The van der Waals surface area contributed by atoms with Crippen molar-refractivity contribution in [1.29, 1.82) is 0 Å². The van der Waals surface area contributed by atoms with Gasteiger partial charge in [-0.2, -0.15) is 0 Å². The Kier molecular flexibility index (Phi) is 6.21. The number of hydrogen-bond acceptors (Lipinski definition) is 4. The third-order valence-corrected chi connectivity index (χ3v) is 5.25. The lowest BCUT2D eigenvalue weighted by Crippen LogP contribution is -2.22. The lowest BCUT2D eigenvalue weighted by molar-refractivity contribution is -0.115. The molecule has 2 amide bonds. The van der Waals surface area contributed by atoms with Crippen molar-refractivity contribution >= 4 is 35.0 Å². The average molecular weight is 394 g/mol. The molecule has 0 spiro atoms. The number of hydrogen-bond donors (Lipinski definition) is 2. The first kappa shape index (κ1) is 19.8. The number of anilines is 2. The van der Waals surface area contributed by atoms with E-state index < -0.39 is 0 Å². The highest BCUT2D eigenvalue weighted by Gasteiger charge is 2.16. The van der Waals surface area contributed by atoms with Crippen molar-refractivity contribution in [1.82, 2.24) is 0 Å². The molecule has 1 unspecified atom stereocenters. The first-order valence-electron chi connectivity index (χ1n) is 8.92. The van der Waals surface area contributed by atoms with Gasteiger partial charge in [-0.25, -0.2) is 0 Å². The van der Waals surface area contributed by atoms with E-state index in [1.54, 1.807) is 18.2 Å². The smallest absolute Gasteiger partial charge is 0.291 e. The fourth-order valence-corrected chi connectivity index (χ4v) is 3.62. The number of benzene rings is 2. The zero-order valence-electron chi connectivity index (χ0n) is 16.0. The molecule has 0 fully saturated rings. The number of thioether (sulfide) groups is 1. The van der Waals surface area contributed by atoms with E-state index >= 15 is 0 Å². The first-order chi connectivity index (χ1) is 13.4. The van der Waals surface area contributed by atoms with Gasteiger partial charge >= 0.3 is 0 Å². The number of amides is 2. The second kappa shape index (κ2) is 8.80.